The van der Waals surface area contributed by atoms with Crippen molar-refractivity contribution in [2.75, 3.05) is 5.75 Å². The van der Waals surface area contributed by atoms with Gasteiger partial charge in [0.2, 0.25) is 0 Å². The molecule has 1 heterocycles. The van der Waals surface area contributed by atoms with Gasteiger partial charge in [-0.2, -0.15) is 5.10 Å². The Morgan fingerprint density at radius 2 is 1.77 bits per heavy atom. The minimum atomic E-state index is -0.174. The van der Waals surface area contributed by atoms with Crippen LogP contribution in [0.4, 0.5) is 0 Å². The molecule has 5 nitrogen and oxygen atoms in total. The molecule has 150 valence electrons. The van der Waals surface area contributed by atoms with E-state index in [1.54, 1.807) is 6.21 Å². The van der Waals surface area contributed by atoms with Crippen molar-refractivity contribution >= 4 is 50.8 Å². The molecular weight excluding hydrogens is 460 g/mol. The van der Waals surface area contributed by atoms with E-state index in [1.165, 1.54) is 17.3 Å². The summed E-state index contributed by atoms with van der Waals surface area (Å²) >= 11 is 4.80. The Balaban J connectivity index is 1.43. The first-order valence-corrected chi connectivity index (χ1v) is 11.2. The van der Waals surface area contributed by atoms with Gasteiger partial charge in [0.15, 0.2) is 5.16 Å². The maximum Gasteiger partial charge on any atom is 0.250 e. The van der Waals surface area contributed by atoms with E-state index < -0.39 is 0 Å². The first-order chi connectivity index (χ1) is 14.7. The molecule has 7 heteroatoms. The van der Waals surface area contributed by atoms with Crippen LogP contribution in [0.5, 0.6) is 0 Å². The van der Waals surface area contributed by atoms with Gasteiger partial charge in [0.25, 0.3) is 5.91 Å². The second-order valence-electron chi connectivity index (χ2n) is 6.59. The van der Waals surface area contributed by atoms with Gasteiger partial charge in [0, 0.05) is 4.47 Å². The van der Waals surface area contributed by atoms with E-state index >= 15 is 0 Å². The first-order valence-electron chi connectivity index (χ1n) is 9.38. The van der Waals surface area contributed by atoms with Crippen LogP contribution in [-0.4, -0.2) is 27.4 Å². The molecule has 1 amide bonds. The highest BCUT2D eigenvalue weighted by atomic mass is 79.9. The average Bonchev–Trinajstić information content (AvgIpc) is 3.12. The lowest BCUT2D eigenvalue weighted by molar-refractivity contribution is -0.118. The maximum absolute atomic E-state index is 12.3. The van der Waals surface area contributed by atoms with Crippen LogP contribution < -0.4 is 5.43 Å². The number of nitrogens with zero attached hydrogens (tertiary/aromatic N) is 3. The number of carbonyl (C=O) groups is 1. The van der Waals surface area contributed by atoms with Gasteiger partial charge in [-0.1, -0.05) is 82.3 Å². The highest BCUT2D eigenvalue weighted by molar-refractivity contribution is 9.10. The molecule has 4 aromatic rings. The van der Waals surface area contributed by atoms with Gasteiger partial charge in [-0.05, 0) is 35.4 Å². The van der Waals surface area contributed by atoms with Crippen LogP contribution in [0.25, 0.3) is 11.0 Å². The highest BCUT2D eigenvalue weighted by Gasteiger charge is 2.13. The number of benzene rings is 3. The molecule has 0 bridgehead atoms. The third-order valence-corrected chi connectivity index (χ3v) is 5.91. The summed E-state index contributed by atoms with van der Waals surface area (Å²) in [6, 6.07) is 25.9. The molecule has 3 aromatic carbocycles. The third kappa shape index (κ3) is 5.17. The molecule has 0 atom stereocenters. The summed E-state index contributed by atoms with van der Waals surface area (Å²) in [5.41, 5.74) is 6.65. The predicted octanol–water partition coefficient (Wildman–Crippen LogP) is 5.09. The molecule has 0 saturated carbocycles. The lowest BCUT2D eigenvalue weighted by Crippen LogP contribution is -2.20. The molecule has 0 spiro atoms. The number of aromatic nitrogens is 2. The van der Waals surface area contributed by atoms with Crippen molar-refractivity contribution in [3.63, 3.8) is 0 Å². The normalized spacial score (nSPS) is 11.2. The molecule has 0 fully saturated rings. The number of para-hydroxylation sites is 2. The Bertz CT molecular complexity index is 1170. The Hall–Kier alpha value is -2.90. The predicted molar refractivity (Wildman–Crippen MR) is 126 cm³/mol. The maximum atomic E-state index is 12.3. The topological polar surface area (TPSA) is 59.3 Å². The fourth-order valence-corrected chi connectivity index (χ4v) is 4.04. The standard InChI is InChI=1S/C23H19BrN4OS/c24-19-12-10-17(11-13-19)14-25-27-22(29)16-30-23-26-20-8-4-5-9-21(20)28(23)15-18-6-2-1-3-7-18/h1-14H,15-16H2,(H,27,29)/b25-14+. The number of hydrogen-bond acceptors (Lipinski definition) is 4. The summed E-state index contributed by atoms with van der Waals surface area (Å²) in [4.78, 5) is 17.0. The van der Waals surface area contributed by atoms with E-state index in [0.717, 1.165) is 26.2 Å². The minimum Gasteiger partial charge on any atom is -0.314 e. The number of thioether (sulfide) groups is 1. The number of rotatable bonds is 7. The third-order valence-electron chi connectivity index (χ3n) is 4.41. The zero-order chi connectivity index (χ0) is 20.8. The van der Waals surface area contributed by atoms with Crippen LogP contribution in [0.15, 0.2) is 93.6 Å². The minimum absolute atomic E-state index is 0.174. The van der Waals surface area contributed by atoms with Gasteiger partial charge < -0.3 is 4.57 Å². The number of carbonyl (C=O) groups excluding carboxylic acids is 1. The molecule has 1 aromatic heterocycles. The Morgan fingerprint density at radius 3 is 2.57 bits per heavy atom. The van der Waals surface area contributed by atoms with Crippen LogP contribution in [0.2, 0.25) is 0 Å². The van der Waals surface area contributed by atoms with E-state index in [9.17, 15) is 4.79 Å². The smallest absolute Gasteiger partial charge is 0.250 e. The molecule has 0 aliphatic rings. The molecule has 0 aliphatic heterocycles. The van der Waals surface area contributed by atoms with Crippen molar-refractivity contribution in [3.05, 3.63) is 94.5 Å². The Morgan fingerprint density at radius 1 is 1.03 bits per heavy atom. The van der Waals surface area contributed by atoms with Crippen LogP contribution in [0.3, 0.4) is 0 Å². The number of amides is 1. The summed E-state index contributed by atoms with van der Waals surface area (Å²) < 4.78 is 3.15. The fourth-order valence-electron chi connectivity index (χ4n) is 2.97. The number of halogens is 1. The molecule has 1 N–H and O–H groups in total. The molecule has 30 heavy (non-hydrogen) atoms. The number of fused-ring (bicyclic) bond motifs is 1. The van der Waals surface area contributed by atoms with E-state index in [-0.39, 0.29) is 11.7 Å². The van der Waals surface area contributed by atoms with Crippen molar-refractivity contribution in [2.24, 2.45) is 5.10 Å². The SMILES string of the molecule is O=C(CSc1nc2ccccc2n1Cc1ccccc1)N/N=C/c1ccc(Br)cc1. The zero-order valence-corrected chi connectivity index (χ0v) is 18.4. The van der Waals surface area contributed by atoms with Crippen molar-refractivity contribution in [2.45, 2.75) is 11.7 Å². The lowest BCUT2D eigenvalue weighted by Gasteiger charge is -2.09. The second-order valence-corrected chi connectivity index (χ2v) is 8.45. The number of hydrogen-bond donors (Lipinski definition) is 1. The van der Waals surface area contributed by atoms with Crippen LogP contribution in [0.1, 0.15) is 11.1 Å². The second kappa shape index (κ2) is 9.73. The number of nitrogens with one attached hydrogen (secondary N) is 1. The summed E-state index contributed by atoms with van der Waals surface area (Å²) in [5, 5.41) is 4.85. The van der Waals surface area contributed by atoms with Crippen molar-refractivity contribution in [1.29, 1.82) is 0 Å². The van der Waals surface area contributed by atoms with Gasteiger partial charge in [-0.3, -0.25) is 4.79 Å². The van der Waals surface area contributed by atoms with Crippen LogP contribution >= 0.6 is 27.7 Å². The van der Waals surface area contributed by atoms with Crippen molar-refractivity contribution in [1.82, 2.24) is 15.0 Å². The number of imidazole rings is 1. The van der Waals surface area contributed by atoms with Gasteiger partial charge in [0.05, 0.1) is 29.5 Å². The molecule has 0 unspecified atom stereocenters. The molecule has 4 rings (SSSR count). The largest absolute Gasteiger partial charge is 0.314 e. The lowest BCUT2D eigenvalue weighted by atomic mass is 10.2. The van der Waals surface area contributed by atoms with E-state index in [4.69, 9.17) is 4.98 Å². The van der Waals surface area contributed by atoms with Crippen molar-refractivity contribution < 1.29 is 4.79 Å². The van der Waals surface area contributed by atoms with Crippen LogP contribution in [0, 0.1) is 0 Å². The summed E-state index contributed by atoms with van der Waals surface area (Å²) in [7, 11) is 0. The van der Waals surface area contributed by atoms with Gasteiger partial charge in [0.1, 0.15) is 0 Å². The average molecular weight is 479 g/mol. The molecule has 0 radical (unpaired) electrons. The van der Waals surface area contributed by atoms with E-state index in [0.29, 0.717) is 6.54 Å². The highest BCUT2D eigenvalue weighted by Crippen LogP contribution is 2.25. The zero-order valence-electron chi connectivity index (χ0n) is 16.0. The summed E-state index contributed by atoms with van der Waals surface area (Å²) in [5.74, 6) is 0.0576. The number of hydrazone groups is 1. The van der Waals surface area contributed by atoms with Crippen molar-refractivity contribution in [3.8, 4) is 0 Å². The van der Waals surface area contributed by atoms with Crippen LogP contribution in [-0.2, 0) is 11.3 Å². The van der Waals surface area contributed by atoms with Gasteiger partial charge in [-0.15, -0.1) is 0 Å². The van der Waals surface area contributed by atoms with Gasteiger partial charge >= 0.3 is 0 Å². The first kappa shape index (κ1) is 20.4. The fraction of sp³-hybridized carbons (Fsp3) is 0.0870. The quantitative estimate of drug-likeness (QED) is 0.228. The van der Waals surface area contributed by atoms with Gasteiger partial charge in [-0.25, -0.2) is 10.4 Å². The summed E-state index contributed by atoms with van der Waals surface area (Å²) in [6.07, 6.45) is 1.62. The van der Waals surface area contributed by atoms with E-state index in [1.807, 2.05) is 60.7 Å². The summed E-state index contributed by atoms with van der Waals surface area (Å²) in [6.45, 7) is 0.701. The monoisotopic (exact) mass is 478 g/mol. The molecule has 0 aliphatic carbocycles. The van der Waals surface area contributed by atoms with E-state index in [2.05, 4.69) is 49.2 Å². The Labute approximate surface area is 187 Å². The molecule has 0 saturated heterocycles. The molecular formula is C23H19BrN4OS. The Kier molecular flexibility index (Phi) is 6.61.